The molecule has 0 amide bonds. The highest BCUT2D eigenvalue weighted by atomic mass is 32.2. The summed E-state index contributed by atoms with van der Waals surface area (Å²) in [5.41, 5.74) is 1.79. The summed E-state index contributed by atoms with van der Waals surface area (Å²) in [6.45, 7) is 2.42. The summed E-state index contributed by atoms with van der Waals surface area (Å²) in [7, 11) is 0. The van der Waals surface area contributed by atoms with Gasteiger partial charge < -0.3 is 9.29 Å². The quantitative estimate of drug-likeness (QED) is 0.240. The normalized spacial score (nSPS) is 31.6. The lowest BCUT2D eigenvalue weighted by molar-refractivity contribution is -0.150. The molecule has 41 heavy (non-hydrogen) atoms. The van der Waals surface area contributed by atoms with E-state index in [1.54, 1.807) is 24.5 Å². The van der Waals surface area contributed by atoms with Crippen LogP contribution in [0.2, 0.25) is 0 Å². The lowest BCUT2D eigenvalue weighted by Crippen LogP contribution is -2.51. The van der Waals surface area contributed by atoms with Gasteiger partial charge in [0.25, 0.3) is 0 Å². The average molecular weight is 587 g/mol. The zero-order valence-corrected chi connectivity index (χ0v) is 24.2. The maximum absolute atomic E-state index is 13.8. The van der Waals surface area contributed by atoms with Crippen molar-refractivity contribution in [2.24, 2.45) is 22.7 Å². The molecule has 0 aromatic heterocycles. The first-order valence-electron chi connectivity index (χ1n) is 13.9. The first-order chi connectivity index (χ1) is 19.3. The summed E-state index contributed by atoms with van der Waals surface area (Å²) in [4.78, 5) is 38.3. The summed E-state index contributed by atoms with van der Waals surface area (Å²) in [6, 6.07) is 7.45. The SMILES string of the molecule is CC(=O)OCC(=O)[C@@]1(C#CC(F)(F)F)CC[C@H]2[C@@H]3CCC4=CC(=O)CCC4=C3[C@@H](c3ccc([S+](C)[O-])cc3)C[C@@]21C. The number of carbonyl (C=O) groups is 3. The first-order valence-corrected chi connectivity index (χ1v) is 15.5. The zero-order valence-electron chi connectivity index (χ0n) is 23.4. The standard InChI is InChI=1S/C32H33F3O5S/c1-19(36)40-18-28(38)31(14-15-32(33,34)35)13-12-27-25-10-6-21-16-22(37)7-11-24(21)29(25)26(17-30(27,31)2)20-4-8-23(9-5-20)41(3)39/h4-5,8-9,16,25-27H,6-7,10-13,17-18H2,1-3H3/t25-,26+,27-,30-,31-,41?/m0/s1. The first kappa shape index (κ1) is 29.7. The molecule has 2 saturated carbocycles. The van der Waals surface area contributed by atoms with Gasteiger partial charge in [0, 0.05) is 25.2 Å². The van der Waals surface area contributed by atoms with Crippen LogP contribution in [0.3, 0.4) is 0 Å². The van der Waals surface area contributed by atoms with Crippen molar-refractivity contribution in [1.29, 1.82) is 0 Å². The highest BCUT2D eigenvalue weighted by Gasteiger charge is 2.65. The van der Waals surface area contributed by atoms with E-state index in [9.17, 15) is 32.1 Å². The number of ether oxygens (including phenoxy) is 1. The summed E-state index contributed by atoms with van der Waals surface area (Å²) in [5, 5.41) is 0. The molecule has 5 rings (SSSR count). The minimum Gasteiger partial charge on any atom is -0.612 e. The Hall–Kier alpha value is -2.83. The number of hydrogen-bond acceptors (Lipinski definition) is 5. The van der Waals surface area contributed by atoms with Gasteiger partial charge >= 0.3 is 12.1 Å². The molecule has 1 aromatic carbocycles. The Bertz CT molecular complexity index is 1400. The third-order valence-corrected chi connectivity index (χ3v) is 10.8. The molecule has 0 saturated heterocycles. The van der Waals surface area contributed by atoms with E-state index < -0.39 is 46.5 Å². The van der Waals surface area contributed by atoms with E-state index >= 15 is 0 Å². The third-order valence-electron chi connectivity index (χ3n) is 9.84. The van der Waals surface area contributed by atoms with Gasteiger partial charge in [-0.05, 0) is 102 Å². The fourth-order valence-electron chi connectivity index (χ4n) is 8.08. The van der Waals surface area contributed by atoms with E-state index in [1.807, 2.05) is 19.1 Å². The Morgan fingerprint density at radius 2 is 1.85 bits per heavy atom. The Kier molecular flexibility index (Phi) is 7.80. The number of hydrogen-bond donors (Lipinski definition) is 0. The van der Waals surface area contributed by atoms with Crippen LogP contribution in [0.4, 0.5) is 13.2 Å². The number of Topliss-reactive ketones (excluding diaryl/α,β-unsaturated/α-hetero) is 1. The smallest absolute Gasteiger partial charge is 0.457 e. The molecule has 1 unspecified atom stereocenters. The topological polar surface area (TPSA) is 83.5 Å². The summed E-state index contributed by atoms with van der Waals surface area (Å²) in [5.74, 6) is 2.35. The zero-order chi connectivity index (χ0) is 29.7. The second kappa shape index (κ2) is 10.8. The molecule has 1 aromatic rings. The van der Waals surface area contributed by atoms with Crippen LogP contribution in [0.15, 0.2) is 52.0 Å². The van der Waals surface area contributed by atoms with Crippen LogP contribution >= 0.6 is 0 Å². The Morgan fingerprint density at radius 1 is 1.15 bits per heavy atom. The predicted molar refractivity (Wildman–Crippen MR) is 147 cm³/mol. The van der Waals surface area contributed by atoms with Gasteiger partial charge in [-0.25, -0.2) is 0 Å². The highest BCUT2D eigenvalue weighted by Crippen LogP contribution is 2.69. The van der Waals surface area contributed by atoms with E-state index in [-0.39, 0.29) is 30.0 Å². The van der Waals surface area contributed by atoms with E-state index in [0.717, 1.165) is 24.5 Å². The summed E-state index contributed by atoms with van der Waals surface area (Å²) in [6.07, 6.45) is 2.07. The molecule has 5 nitrogen and oxygen atoms in total. The van der Waals surface area contributed by atoms with Gasteiger partial charge in [0.05, 0.1) is 5.41 Å². The maximum Gasteiger partial charge on any atom is 0.457 e. The van der Waals surface area contributed by atoms with Gasteiger partial charge in [-0.15, -0.1) is 0 Å². The van der Waals surface area contributed by atoms with Gasteiger partial charge in [0.15, 0.2) is 23.1 Å². The molecule has 0 bridgehead atoms. The van der Waals surface area contributed by atoms with Crippen LogP contribution in [-0.2, 0) is 30.3 Å². The van der Waals surface area contributed by atoms with Crippen molar-refractivity contribution >= 4 is 28.7 Å². The van der Waals surface area contributed by atoms with E-state index in [4.69, 9.17) is 4.74 Å². The van der Waals surface area contributed by atoms with Crippen molar-refractivity contribution in [2.45, 2.75) is 75.8 Å². The van der Waals surface area contributed by atoms with Crippen molar-refractivity contribution in [3.05, 3.63) is 52.6 Å². The van der Waals surface area contributed by atoms with E-state index in [0.29, 0.717) is 37.0 Å². The second-order valence-corrected chi connectivity index (χ2v) is 13.3. The number of carbonyl (C=O) groups excluding carboxylic acids is 3. The molecule has 0 aliphatic heterocycles. The number of ketones is 2. The molecule has 2 fully saturated rings. The van der Waals surface area contributed by atoms with Crippen molar-refractivity contribution in [3.63, 3.8) is 0 Å². The summed E-state index contributed by atoms with van der Waals surface area (Å²) >= 11 is -1.18. The van der Waals surface area contributed by atoms with Crippen LogP contribution in [-0.4, -0.2) is 41.1 Å². The number of fused-ring (bicyclic) bond motifs is 4. The van der Waals surface area contributed by atoms with Gasteiger partial charge in [-0.3, -0.25) is 14.4 Å². The van der Waals surface area contributed by atoms with E-state index in [2.05, 4.69) is 5.92 Å². The second-order valence-electron chi connectivity index (χ2n) is 11.9. The molecule has 218 valence electrons. The van der Waals surface area contributed by atoms with Gasteiger partial charge in [0.1, 0.15) is 6.26 Å². The number of rotatable bonds is 5. The number of halogens is 3. The highest BCUT2D eigenvalue weighted by molar-refractivity contribution is 7.90. The number of benzene rings is 1. The Labute approximate surface area is 241 Å². The molecular formula is C32H33F3O5S. The number of alkyl halides is 3. The molecule has 4 aliphatic carbocycles. The van der Waals surface area contributed by atoms with Crippen LogP contribution in [0.25, 0.3) is 0 Å². The molecule has 0 N–H and O–H groups in total. The molecular weight excluding hydrogens is 553 g/mol. The number of esters is 1. The van der Waals surface area contributed by atoms with Crippen LogP contribution in [0.5, 0.6) is 0 Å². The van der Waals surface area contributed by atoms with Crippen molar-refractivity contribution in [3.8, 4) is 11.8 Å². The number of allylic oxidation sites excluding steroid dienone is 4. The van der Waals surface area contributed by atoms with Crippen molar-refractivity contribution in [1.82, 2.24) is 0 Å². The van der Waals surface area contributed by atoms with Gasteiger partial charge in [-0.1, -0.05) is 30.6 Å². The Balaban J connectivity index is 1.68. The molecule has 0 radical (unpaired) electrons. The van der Waals surface area contributed by atoms with E-state index in [1.165, 1.54) is 17.1 Å². The summed E-state index contributed by atoms with van der Waals surface area (Å²) < 4.78 is 57.6. The third kappa shape index (κ3) is 5.30. The average Bonchev–Trinajstić information content (AvgIpc) is 3.22. The van der Waals surface area contributed by atoms with Gasteiger partial charge in [0.2, 0.25) is 0 Å². The fraction of sp³-hybridized carbons (Fsp3) is 0.531. The lowest BCUT2D eigenvalue weighted by atomic mass is 9.48. The monoisotopic (exact) mass is 586 g/mol. The van der Waals surface area contributed by atoms with Crippen LogP contribution < -0.4 is 0 Å². The Morgan fingerprint density at radius 3 is 2.49 bits per heavy atom. The van der Waals surface area contributed by atoms with Crippen LogP contribution in [0, 0.1) is 34.5 Å². The molecule has 4 aliphatic rings. The predicted octanol–water partition coefficient (Wildman–Crippen LogP) is 6.01. The van der Waals surface area contributed by atoms with Crippen molar-refractivity contribution in [2.75, 3.05) is 12.9 Å². The molecule has 6 atom stereocenters. The molecule has 9 heteroatoms. The lowest BCUT2D eigenvalue weighted by Gasteiger charge is -2.54. The van der Waals surface area contributed by atoms with Gasteiger partial charge in [-0.2, -0.15) is 13.2 Å². The largest absolute Gasteiger partial charge is 0.612 e. The maximum atomic E-state index is 13.8. The van der Waals surface area contributed by atoms with Crippen LogP contribution in [0.1, 0.15) is 70.3 Å². The van der Waals surface area contributed by atoms with Crippen molar-refractivity contribution < 1.29 is 36.8 Å². The minimum absolute atomic E-state index is 0.00942. The molecule has 0 spiro atoms. The minimum atomic E-state index is -4.78. The molecule has 0 heterocycles. The fourth-order valence-corrected chi connectivity index (χ4v) is 8.60.